The van der Waals surface area contributed by atoms with E-state index in [1.165, 1.54) is 4.88 Å². The number of nitrogens with two attached hydrogens (primary N) is 1. The predicted octanol–water partition coefficient (Wildman–Crippen LogP) is 1.51. The third-order valence-corrected chi connectivity index (χ3v) is 6.63. The number of amides is 1. The standard InChI is InChI=1S/C19H21N7O2S/c1-11(27)26-9-13(10-26)15-6-14-16(29-15)18(25-2-4-28-5-3-25)24-17(23-14)12-7-21-19(20)22-8-12/h6-8,13H,2-5,9-10H2,1H3,(H2,20,21,22). The van der Waals surface area contributed by atoms with E-state index in [2.05, 4.69) is 20.9 Å². The second-order valence-electron chi connectivity index (χ2n) is 7.28. The number of hydrogen-bond acceptors (Lipinski definition) is 9. The molecular weight excluding hydrogens is 390 g/mol. The molecule has 2 aliphatic rings. The van der Waals surface area contributed by atoms with Gasteiger partial charge in [0, 0.05) is 56.3 Å². The number of anilines is 2. The summed E-state index contributed by atoms with van der Waals surface area (Å²) < 4.78 is 6.58. The topological polar surface area (TPSA) is 110 Å². The van der Waals surface area contributed by atoms with Crippen molar-refractivity contribution >= 4 is 39.2 Å². The molecule has 10 heteroatoms. The minimum absolute atomic E-state index is 0.127. The number of likely N-dealkylation sites (tertiary alicyclic amines) is 1. The van der Waals surface area contributed by atoms with Crippen LogP contribution in [0, 0.1) is 0 Å². The smallest absolute Gasteiger partial charge is 0.219 e. The van der Waals surface area contributed by atoms with Crippen LogP contribution >= 0.6 is 11.3 Å². The quantitative estimate of drug-likeness (QED) is 0.691. The first kappa shape index (κ1) is 18.2. The van der Waals surface area contributed by atoms with Crippen LogP contribution in [0.1, 0.15) is 17.7 Å². The zero-order valence-corrected chi connectivity index (χ0v) is 16.9. The van der Waals surface area contributed by atoms with Crippen LogP contribution < -0.4 is 10.6 Å². The summed E-state index contributed by atoms with van der Waals surface area (Å²) in [7, 11) is 0. The Morgan fingerprint density at radius 1 is 1.21 bits per heavy atom. The highest BCUT2D eigenvalue weighted by atomic mass is 32.1. The fourth-order valence-electron chi connectivity index (χ4n) is 3.62. The molecule has 2 fully saturated rings. The lowest BCUT2D eigenvalue weighted by molar-refractivity contribution is -0.133. The van der Waals surface area contributed by atoms with E-state index in [0.29, 0.717) is 25.0 Å². The summed E-state index contributed by atoms with van der Waals surface area (Å²) in [5, 5.41) is 0. The highest BCUT2D eigenvalue weighted by molar-refractivity contribution is 7.19. The number of thiophene rings is 1. The zero-order valence-electron chi connectivity index (χ0n) is 16.0. The van der Waals surface area contributed by atoms with Gasteiger partial charge in [0.1, 0.15) is 0 Å². The normalized spacial score (nSPS) is 17.6. The maximum atomic E-state index is 11.5. The van der Waals surface area contributed by atoms with E-state index in [0.717, 1.165) is 47.8 Å². The maximum Gasteiger partial charge on any atom is 0.219 e. The highest BCUT2D eigenvalue weighted by Crippen LogP contribution is 2.39. The zero-order chi connectivity index (χ0) is 20.0. The summed E-state index contributed by atoms with van der Waals surface area (Å²) in [6.45, 7) is 6.09. The predicted molar refractivity (Wildman–Crippen MR) is 111 cm³/mol. The highest BCUT2D eigenvalue weighted by Gasteiger charge is 2.32. The van der Waals surface area contributed by atoms with Crippen LogP contribution in [-0.4, -0.2) is 70.1 Å². The van der Waals surface area contributed by atoms with E-state index in [4.69, 9.17) is 20.4 Å². The summed E-state index contributed by atoms with van der Waals surface area (Å²) >= 11 is 1.72. The lowest BCUT2D eigenvalue weighted by Gasteiger charge is -2.38. The van der Waals surface area contributed by atoms with Gasteiger partial charge in [0.05, 0.1) is 29.0 Å². The van der Waals surface area contributed by atoms with E-state index in [-0.39, 0.29) is 11.9 Å². The van der Waals surface area contributed by atoms with E-state index in [9.17, 15) is 4.79 Å². The van der Waals surface area contributed by atoms with Gasteiger partial charge in [-0.25, -0.2) is 19.9 Å². The van der Waals surface area contributed by atoms with Gasteiger partial charge in [-0.3, -0.25) is 4.79 Å². The van der Waals surface area contributed by atoms with Gasteiger partial charge in [-0.15, -0.1) is 11.3 Å². The Morgan fingerprint density at radius 2 is 1.93 bits per heavy atom. The van der Waals surface area contributed by atoms with Gasteiger partial charge in [0.15, 0.2) is 11.6 Å². The second kappa shape index (κ2) is 7.20. The summed E-state index contributed by atoms with van der Waals surface area (Å²) in [5.74, 6) is 2.22. The fourth-order valence-corrected chi connectivity index (χ4v) is 4.82. The van der Waals surface area contributed by atoms with Crippen molar-refractivity contribution in [3.8, 4) is 11.4 Å². The number of ether oxygens (including phenoxy) is 1. The number of fused-ring (bicyclic) bond motifs is 1. The number of hydrogen-bond donors (Lipinski definition) is 1. The van der Waals surface area contributed by atoms with Crippen molar-refractivity contribution in [3.63, 3.8) is 0 Å². The molecule has 3 aromatic rings. The molecule has 2 N–H and O–H groups in total. The Hall–Kier alpha value is -2.85. The van der Waals surface area contributed by atoms with Crippen molar-refractivity contribution in [2.75, 3.05) is 50.0 Å². The third-order valence-electron chi connectivity index (χ3n) is 5.34. The number of rotatable bonds is 3. The SMILES string of the molecule is CC(=O)N1CC(c2cc3nc(-c4cnc(N)nc4)nc(N4CCOCC4)c3s2)C1. The molecule has 0 bridgehead atoms. The Morgan fingerprint density at radius 3 is 2.62 bits per heavy atom. The Balaban J connectivity index is 1.56. The van der Waals surface area contributed by atoms with Crippen LogP contribution in [0.5, 0.6) is 0 Å². The molecule has 9 nitrogen and oxygen atoms in total. The van der Waals surface area contributed by atoms with Gasteiger partial charge >= 0.3 is 0 Å². The number of morpholine rings is 1. The van der Waals surface area contributed by atoms with Gasteiger partial charge < -0.3 is 20.3 Å². The van der Waals surface area contributed by atoms with E-state index < -0.39 is 0 Å². The molecule has 150 valence electrons. The third kappa shape index (κ3) is 3.38. The monoisotopic (exact) mass is 411 g/mol. The number of nitrogen functional groups attached to an aromatic ring is 1. The fraction of sp³-hybridized carbons (Fsp3) is 0.421. The minimum Gasteiger partial charge on any atom is -0.378 e. The summed E-state index contributed by atoms with van der Waals surface area (Å²) in [6.07, 6.45) is 3.30. The Bertz CT molecular complexity index is 1060. The van der Waals surface area contributed by atoms with Crippen LogP contribution in [0.25, 0.3) is 21.6 Å². The van der Waals surface area contributed by atoms with Crippen molar-refractivity contribution < 1.29 is 9.53 Å². The Kier molecular flexibility index (Phi) is 4.51. The lowest BCUT2D eigenvalue weighted by atomic mass is 9.98. The largest absolute Gasteiger partial charge is 0.378 e. The van der Waals surface area contributed by atoms with Crippen molar-refractivity contribution in [1.29, 1.82) is 0 Å². The second-order valence-corrected chi connectivity index (χ2v) is 8.37. The van der Waals surface area contributed by atoms with Crippen LogP contribution in [0.3, 0.4) is 0 Å². The molecule has 0 aromatic carbocycles. The van der Waals surface area contributed by atoms with Gasteiger partial charge in [-0.05, 0) is 6.07 Å². The molecule has 0 unspecified atom stereocenters. The molecule has 29 heavy (non-hydrogen) atoms. The van der Waals surface area contributed by atoms with Gasteiger partial charge in [0.25, 0.3) is 0 Å². The minimum atomic E-state index is 0.127. The van der Waals surface area contributed by atoms with Crippen molar-refractivity contribution in [1.82, 2.24) is 24.8 Å². The molecule has 3 aromatic heterocycles. The van der Waals surface area contributed by atoms with Gasteiger partial charge in [-0.2, -0.15) is 0 Å². The first-order valence-electron chi connectivity index (χ1n) is 9.56. The molecule has 2 aliphatic heterocycles. The van der Waals surface area contributed by atoms with Crippen LogP contribution in [0.15, 0.2) is 18.5 Å². The number of carbonyl (C=O) groups is 1. The molecule has 0 atom stereocenters. The molecule has 0 radical (unpaired) electrons. The lowest BCUT2D eigenvalue weighted by Crippen LogP contribution is -2.47. The first-order valence-corrected chi connectivity index (χ1v) is 10.4. The molecule has 0 spiro atoms. The van der Waals surface area contributed by atoms with Gasteiger partial charge in [0.2, 0.25) is 11.9 Å². The molecular formula is C19H21N7O2S. The van der Waals surface area contributed by atoms with E-state index in [1.54, 1.807) is 30.7 Å². The van der Waals surface area contributed by atoms with E-state index >= 15 is 0 Å². The van der Waals surface area contributed by atoms with Crippen LogP contribution in [0.2, 0.25) is 0 Å². The molecule has 5 rings (SSSR count). The van der Waals surface area contributed by atoms with Crippen LogP contribution in [0.4, 0.5) is 11.8 Å². The summed E-state index contributed by atoms with van der Waals surface area (Å²) in [5.41, 5.74) is 7.26. The maximum absolute atomic E-state index is 11.5. The van der Waals surface area contributed by atoms with Crippen molar-refractivity contribution in [2.45, 2.75) is 12.8 Å². The summed E-state index contributed by atoms with van der Waals surface area (Å²) in [6, 6.07) is 2.13. The molecule has 1 amide bonds. The van der Waals surface area contributed by atoms with Crippen molar-refractivity contribution in [2.24, 2.45) is 0 Å². The first-order chi connectivity index (χ1) is 14.1. The number of carbonyl (C=O) groups excluding carboxylic acids is 1. The average molecular weight is 411 g/mol. The molecule has 5 heterocycles. The van der Waals surface area contributed by atoms with E-state index in [1.807, 2.05) is 4.90 Å². The van der Waals surface area contributed by atoms with Gasteiger partial charge in [-0.1, -0.05) is 0 Å². The summed E-state index contributed by atoms with van der Waals surface area (Å²) in [4.78, 5) is 34.7. The molecule has 0 saturated carbocycles. The van der Waals surface area contributed by atoms with Crippen molar-refractivity contribution in [3.05, 3.63) is 23.3 Å². The number of nitrogens with zero attached hydrogens (tertiary/aromatic N) is 6. The molecule has 2 saturated heterocycles. The van der Waals surface area contributed by atoms with Crippen LogP contribution in [-0.2, 0) is 9.53 Å². The number of aromatic nitrogens is 4. The molecule has 0 aliphatic carbocycles. The average Bonchev–Trinajstić information content (AvgIpc) is 3.10. The Labute approximate surface area is 171 Å².